The van der Waals surface area contributed by atoms with Crippen LogP contribution >= 0.6 is 11.8 Å². The van der Waals surface area contributed by atoms with Gasteiger partial charge >= 0.3 is 0 Å². The first-order chi connectivity index (χ1) is 7.29. The molecule has 0 aromatic heterocycles. The number of hydrogen-bond acceptors (Lipinski definition) is 4. The van der Waals surface area contributed by atoms with Gasteiger partial charge in [-0.05, 0) is 37.2 Å². The van der Waals surface area contributed by atoms with Crippen LogP contribution in [0.25, 0.3) is 0 Å². The molecule has 0 spiro atoms. The highest BCUT2D eigenvalue weighted by molar-refractivity contribution is 7.99. The molecular weight excluding hydrogens is 210 g/mol. The summed E-state index contributed by atoms with van der Waals surface area (Å²) < 4.78 is 5.41. The smallest absolute Gasteiger partial charge is 0.0787 e. The first-order valence-electron chi connectivity index (χ1n) is 5.90. The molecule has 0 aromatic carbocycles. The van der Waals surface area contributed by atoms with E-state index in [1.165, 1.54) is 6.42 Å². The van der Waals surface area contributed by atoms with Crippen molar-refractivity contribution in [3.8, 4) is 0 Å². The van der Waals surface area contributed by atoms with Gasteiger partial charge in [0, 0.05) is 19.2 Å². The van der Waals surface area contributed by atoms with Gasteiger partial charge in [0.2, 0.25) is 0 Å². The van der Waals surface area contributed by atoms with Gasteiger partial charge in [0.25, 0.3) is 0 Å². The van der Waals surface area contributed by atoms with Gasteiger partial charge in [0.15, 0.2) is 0 Å². The second-order valence-electron chi connectivity index (χ2n) is 4.63. The van der Waals surface area contributed by atoms with Gasteiger partial charge in [0.05, 0.1) is 12.2 Å². The van der Waals surface area contributed by atoms with Crippen molar-refractivity contribution in [2.75, 3.05) is 31.3 Å². The Morgan fingerprint density at radius 2 is 2.20 bits per heavy atom. The van der Waals surface area contributed by atoms with E-state index in [2.05, 4.69) is 5.32 Å². The highest BCUT2D eigenvalue weighted by Gasteiger charge is 2.30. The van der Waals surface area contributed by atoms with E-state index in [0.29, 0.717) is 6.04 Å². The van der Waals surface area contributed by atoms with E-state index in [1.807, 2.05) is 11.8 Å². The SMILES string of the molecule is OC1(CNC2CCCOC2)CCSCC1. The first-order valence-corrected chi connectivity index (χ1v) is 7.05. The largest absolute Gasteiger partial charge is 0.389 e. The fraction of sp³-hybridized carbons (Fsp3) is 1.00. The van der Waals surface area contributed by atoms with Crippen molar-refractivity contribution in [1.29, 1.82) is 0 Å². The number of thioether (sulfide) groups is 1. The molecule has 2 aliphatic heterocycles. The molecule has 0 saturated carbocycles. The van der Waals surface area contributed by atoms with Crippen molar-refractivity contribution in [3.05, 3.63) is 0 Å². The minimum atomic E-state index is -0.456. The van der Waals surface area contributed by atoms with Crippen molar-refractivity contribution in [1.82, 2.24) is 5.32 Å². The van der Waals surface area contributed by atoms with E-state index in [-0.39, 0.29) is 0 Å². The van der Waals surface area contributed by atoms with Crippen molar-refractivity contribution in [2.45, 2.75) is 37.3 Å². The molecule has 4 heteroatoms. The number of rotatable bonds is 3. The predicted molar refractivity (Wildman–Crippen MR) is 63.4 cm³/mol. The van der Waals surface area contributed by atoms with Crippen LogP contribution in [0.1, 0.15) is 25.7 Å². The molecular formula is C11H21NO2S. The lowest BCUT2D eigenvalue weighted by Crippen LogP contribution is -2.48. The number of ether oxygens (including phenoxy) is 1. The van der Waals surface area contributed by atoms with Gasteiger partial charge in [-0.25, -0.2) is 0 Å². The predicted octanol–water partition coefficient (Wildman–Crippen LogP) is 1.01. The number of nitrogens with one attached hydrogen (secondary N) is 1. The normalized spacial score (nSPS) is 31.4. The lowest BCUT2D eigenvalue weighted by molar-refractivity contribution is 0.0164. The third kappa shape index (κ3) is 3.63. The zero-order valence-corrected chi connectivity index (χ0v) is 10.0. The average molecular weight is 231 g/mol. The fourth-order valence-electron chi connectivity index (χ4n) is 2.16. The van der Waals surface area contributed by atoms with Crippen LogP contribution in [0.5, 0.6) is 0 Å². The van der Waals surface area contributed by atoms with Crippen molar-refractivity contribution < 1.29 is 9.84 Å². The molecule has 2 saturated heterocycles. The summed E-state index contributed by atoms with van der Waals surface area (Å²) in [6.45, 7) is 2.45. The minimum absolute atomic E-state index is 0.456. The first kappa shape index (κ1) is 11.7. The molecule has 2 aliphatic rings. The fourth-order valence-corrected chi connectivity index (χ4v) is 3.42. The van der Waals surface area contributed by atoms with Gasteiger partial charge in [-0.1, -0.05) is 0 Å². The Morgan fingerprint density at radius 3 is 2.87 bits per heavy atom. The molecule has 1 atom stereocenters. The summed E-state index contributed by atoms with van der Waals surface area (Å²) in [4.78, 5) is 0. The van der Waals surface area contributed by atoms with Gasteiger partial charge in [-0.2, -0.15) is 11.8 Å². The van der Waals surface area contributed by atoms with Gasteiger partial charge < -0.3 is 15.2 Å². The summed E-state index contributed by atoms with van der Waals surface area (Å²) in [5, 5.41) is 13.7. The van der Waals surface area contributed by atoms with Crippen LogP contribution in [0.15, 0.2) is 0 Å². The quantitative estimate of drug-likeness (QED) is 0.761. The Labute approximate surface area is 96.0 Å². The van der Waals surface area contributed by atoms with E-state index in [9.17, 15) is 5.11 Å². The van der Waals surface area contributed by atoms with Crippen molar-refractivity contribution in [2.24, 2.45) is 0 Å². The molecule has 15 heavy (non-hydrogen) atoms. The monoisotopic (exact) mass is 231 g/mol. The van der Waals surface area contributed by atoms with E-state index >= 15 is 0 Å². The van der Waals surface area contributed by atoms with E-state index in [1.54, 1.807) is 0 Å². The highest BCUT2D eigenvalue weighted by Crippen LogP contribution is 2.26. The molecule has 2 heterocycles. The third-order valence-electron chi connectivity index (χ3n) is 3.30. The maximum Gasteiger partial charge on any atom is 0.0787 e. The minimum Gasteiger partial charge on any atom is -0.389 e. The number of aliphatic hydroxyl groups is 1. The Balaban J connectivity index is 1.70. The van der Waals surface area contributed by atoms with E-state index < -0.39 is 5.60 Å². The van der Waals surface area contributed by atoms with Crippen LogP contribution in [0.4, 0.5) is 0 Å². The van der Waals surface area contributed by atoms with Crippen LogP contribution in [0.3, 0.4) is 0 Å². The summed E-state index contributed by atoms with van der Waals surface area (Å²) in [6, 6.07) is 0.456. The molecule has 1 unspecified atom stereocenters. The Kier molecular flexibility index (Phi) is 4.31. The van der Waals surface area contributed by atoms with Crippen LogP contribution in [0, 0.1) is 0 Å². The summed E-state index contributed by atoms with van der Waals surface area (Å²) in [7, 11) is 0. The molecule has 0 radical (unpaired) electrons. The standard InChI is InChI=1S/C11H21NO2S/c13-11(3-6-15-7-4-11)9-12-10-2-1-5-14-8-10/h10,12-13H,1-9H2. The van der Waals surface area contributed by atoms with Gasteiger partial charge in [-0.15, -0.1) is 0 Å². The number of hydrogen-bond donors (Lipinski definition) is 2. The van der Waals surface area contributed by atoms with Crippen LogP contribution < -0.4 is 5.32 Å². The lowest BCUT2D eigenvalue weighted by atomic mass is 9.96. The molecule has 0 aliphatic carbocycles. The summed E-state index contributed by atoms with van der Waals surface area (Å²) in [5.41, 5.74) is -0.456. The Hall–Kier alpha value is 0.230. The molecule has 2 fully saturated rings. The van der Waals surface area contributed by atoms with Crippen LogP contribution in [-0.4, -0.2) is 48.0 Å². The summed E-state index contributed by atoms with van der Waals surface area (Å²) in [6.07, 6.45) is 4.19. The Morgan fingerprint density at radius 1 is 1.40 bits per heavy atom. The molecule has 2 N–H and O–H groups in total. The van der Waals surface area contributed by atoms with Crippen molar-refractivity contribution >= 4 is 11.8 Å². The van der Waals surface area contributed by atoms with Crippen LogP contribution in [-0.2, 0) is 4.74 Å². The molecule has 0 amide bonds. The second-order valence-corrected chi connectivity index (χ2v) is 5.86. The van der Waals surface area contributed by atoms with Gasteiger partial charge in [-0.3, -0.25) is 0 Å². The second kappa shape index (κ2) is 5.53. The molecule has 0 bridgehead atoms. The maximum absolute atomic E-state index is 10.3. The molecule has 2 rings (SSSR count). The summed E-state index contributed by atoms with van der Waals surface area (Å²) >= 11 is 1.95. The lowest BCUT2D eigenvalue weighted by Gasteiger charge is -2.34. The zero-order valence-electron chi connectivity index (χ0n) is 9.21. The highest BCUT2D eigenvalue weighted by atomic mass is 32.2. The van der Waals surface area contributed by atoms with E-state index in [0.717, 1.165) is 50.5 Å². The molecule has 0 aromatic rings. The van der Waals surface area contributed by atoms with E-state index in [4.69, 9.17) is 4.74 Å². The topological polar surface area (TPSA) is 41.5 Å². The summed E-state index contributed by atoms with van der Waals surface area (Å²) in [5.74, 6) is 2.19. The Bertz CT molecular complexity index is 189. The maximum atomic E-state index is 10.3. The van der Waals surface area contributed by atoms with Gasteiger partial charge in [0.1, 0.15) is 0 Å². The molecule has 3 nitrogen and oxygen atoms in total. The third-order valence-corrected chi connectivity index (χ3v) is 4.29. The average Bonchev–Trinajstić information content (AvgIpc) is 2.29. The molecule has 88 valence electrons. The van der Waals surface area contributed by atoms with Crippen LogP contribution in [0.2, 0.25) is 0 Å². The zero-order chi connectivity index (χ0) is 10.6. The van der Waals surface area contributed by atoms with Crippen molar-refractivity contribution in [3.63, 3.8) is 0 Å².